The standard InChI is InChI=1S/C24H39N9O2/c1-6-31-11-13-32(14-12-31)21-16-19(26-20-15-17(2)29-30-20)27-22(28-21)25-18-7-9-33(10-8-18)23(34)35-24(3,4)5/h15-16,18H,6-14H2,1-5H3,(H3,25,26,27,28,29,30). The molecule has 0 unspecified atom stereocenters. The molecule has 0 saturated carbocycles. The monoisotopic (exact) mass is 485 g/mol. The van der Waals surface area contributed by atoms with Crippen LogP contribution in [0.2, 0.25) is 0 Å². The van der Waals surface area contributed by atoms with Gasteiger partial charge in [-0.1, -0.05) is 6.92 Å². The molecule has 2 aliphatic rings. The summed E-state index contributed by atoms with van der Waals surface area (Å²) in [4.78, 5) is 28.5. The number of carbonyl (C=O) groups excluding carboxylic acids is 1. The van der Waals surface area contributed by atoms with E-state index in [2.05, 4.69) is 37.6 Å². The summed E-state index contributed by atoms with van der Waals surface area (Å²) in [5.74, 6) is 2.91. The third-order valence-electron chi connectivity index (χ3n) is 6.30. The van der Waals surface area contributed by atoms with Crippen molar-refractivity contribution in [3.05, 3.63) is 17.8 Å². The Balaban J connectivity index is 1.44. The molecule has 2 aromatic heterocycles. The average Bonchev–Trinajstić information content (AvgIpc) is 3.22. The van der Waals surface area contributed by atoms with Gasteiger partial charge in [0.1, 0.15) is 17.2 Å². The zero-order valence-corrected chi connectivity index (χ0v) is 21.6. The third kappa shape index (κ3) is 6.97. The largest absolute Gasteiger partial charge is 0.444 e. The Hall–Kier alpha value is -3.08. The van der Waals surface area contributed by atoms with Gasteiger partial charge in [0.15, 0.2) is 5.82 Å². The molecule has 0 radical (unpaired) electrons. The molecule has 2 fully saturated rings. The SMILES string of the molecule is CCN1CCN(c2cc(Nc3cc(C)[nH]n3)nc(NC3CCN(C(=O)OC(C)(C)C)CC3)n2)CC1. The fraction of sp³-hybridized carbons (Fsp3) is 0.667. The lowest BCUT2D eigenvalue weighted by Crippen LogP contribution is -2.46. The number of likely N-dealkylation sites (N-methyl/N-ethyl adjacent to an activating group) is 1. The average molecular weight is 486 g/mol. The lowest BCUT2D eigenvalue weighted by atomic mass is 10.1. The number of nitrogens with one attached hydrogen (secondary N) is 3. The van der Waals surface area contributed by atoms with Crippen LogP contribution in [0.4, 0.5) is 28.2 Å². The maximum atomic E-state index is 12.4. The number of hydrogen-bond acceptors (Lipinski definition) is 9. The number of likely N-dealkylation sites (tertiary alicyclic amines) is 1. The van der Waals surface area contributed by atoms with Crippen LogP contribution in [-0.4, -0.2) is 93.5 Å². The summed E-state index contributed by atoms with van der Waals surface area (Å²) in [5, 5.41) is 14.1. The maximum absolute atomic E-state index is 12.4. The van der Waals surface area contributed by atoms with Gasteiger partial charge in [0.2, 0.25) is 5.95 Å². The van der Waals surface area contributed by atoms with Gasteiger partial charge in [-0.05, 0) is 47.1 Å². The molecule has 0 bridgehead atoms. The molecule has 0 atom stereocenters. The predicted octanol–water partition coefficient (Wildman–Crippen LogP) is 3.21. The van der Waals surface area contributed by atoms with Crippen LogP contribution in [0.1, 0.15) is 46.2 Å². The van der Waals surface area contributed by atoms with E-state index in [-0.39, 0.29) is 12.1 Å². The Morgan fingerprint density at radius 3 is 2.40 bits per heavy atom. The number of aryl methyl sites for hydroxylation is 1. The summed E-state index contributed by atoms with van der Waals surface area (Å²) in [6, 6.07) is 4.12. The summed E-state index contributed by atoms with van der Waals surface area (Å²) >= 11 is 0. The first-order valence-corrected chi connectivity index (χ1v) is 12.6. The second-order valence-corrected chi connectivity index (χ2v) is 10.3. The van der Waals surface area contributed by atoms with Gasteiger partial charge >= 0.3 is 6.09 Å². The van der Waals surface area contributed by atoms with Gasteiger partial charge in [0.25, 0.3) is 0 Å². The minimum Gasteiger partial charge on any atom is -0.444 e. The normalized spacial score (nSPS) is 18.0. The van der Waals surface area contributed by atoms with Crippen molar-refractivity contribution in [3.63, 3.8) is 0 Å². The first-order valence-electron chi connectivity index (χ1n) is 12.6. The number of carbonyl (C=O) groups is 1. The molecule has 2 aliphatic heterocycles. The van der Waals surface area contributed by atoms with Crippen molar-refractivity contribution in [1.82, 2.24) is 30.0 Å². The van der Waals surface area contributed by atoms with Crippen molar-refractivity contribution in [2.75, 3.05) is 61.3 Å². The van der Waals surface area contributed by atoms with Gasteiger partial charge in [-0.15, -0.1) is 0 Å². The Morgan fingerprint density at radius 2 is 1.80 bits per heavy atom. The van der Waals surface area contributed by atoms with E-state index >= 15 is 0 Å². The lowest BCUT2D eigenvalue weighted by Gasteiger charge is -2.35. The van der Waals surface area contributed by atoms with Crippen molar-refractivity contribution < 1.29 is 9.53 Å². The van der Waals surface area contributed by atoms with Crippen LogP contribution < -0.4 is 15.5 Å². The number of amides is 1. The topological polar surface area (TPSA) is 115 Å². The smallest absolute Gasteiger partial charge is 0.410 e. The summed E-state index contributed by atoms with van der Waals surface area (Å²) in [5.41, 5.74) is 0.492. The molecule has 0 spiro atoms. The number of H-pyrrole nitrogens is 1. The highest BCUT2D eigenvalue weighted by Gasteiger charge is 2.27. The van der Waals surface area contributed by atoms with E-state index in [1.165, 1.54) is 0 Å². The van der Waals surface area contributed by atoms with Crippen LogP contribution in [0, 0.1) is 6.92 Å². The van der Waals surface area contributed by atoms with E-state index < -0.39 is 5.60 Å². The number of aromatic amines is 1. The Morgan fingerprint density at radius 1 is 1.09 bits per heavy atom. The summed E-state index contributed by atoms with van der Waals surface area (Å²) in [7, 11) is 0. The van der Waals surface area contributed by atoms with E-state index in [4.69, 9.17) is 14.7 Å². The highest BCUT2D eigenvalue weighted by Crippen LogP contribution is 2.24. The molecule has 1 amide bonds. The zero-order chi connectivity index (χ0) is 25.0. The minimum absolute atomic E-state index is 0.182. The fourth-order valence-electron chi connectivity index (χ4n) is 4.35. The quantitative estimate of drug-likeness (QED) is 0.567. The molecule has 0 aliphatic carbocycles. The minimum atomic E-state index is -0.487. The van der Waals surface area contributed by atoms with Crippen molar-refractivity contribution in [3.8, 4) is 0 Å². The van der Waals surface area contributed by atoms with E-state index in [9.17, 15) is 4.79 Å². The lowest BCUT2D eigenvalue weighted by molar-refractivity contribution is 0.0210. The molecule has 35 heavy (non-hydrogen) atoms. The Labute approximate surface area is 207 Å². The number of hydrogen-bond donors (Lipinski definition) is 3. The van der Waals surface area contributed by atoms with Crippen LogP contribution >= 0.6 is 0 Å². The van der Waals surface area contributed by atoms with Gasteiger partial charge in [-0.2, -0.15) is 15.1 Å². The number of piperidine rings is 1. The zero-order valence-electron chi connectivity index (χ0n) is 21.6. The van der Waals surface area contributed by atoms with Crippen LogP contribution in [0.3, 0.4) is 0 Å². The number of anilines is 4. The van der Waals surface area contributed by atoms with Crippen LogP contribution in [0.5, 0.6) is 0 Å². The molecule has 0 aromatic carbocycles. The molecular weight excluding hydrogens is 446 g/mol. The number of nitrogens with zero attached hydrogens (tertiary/aromatic N) is 6. The van der Waals surface area contributed by atoms with Gasteiger partial charge in [0.05, 0.1) is 0 Å². The molecule has 4 rings (SSSR count). The predicted molar refractivity (Wildman–Crippen MR) is 137 cm³/mol. The molecule has 4 heterocycles. The fourth-order valence-corrected chi connectivity index (χ4v) is 4.35. The summed E-state index contributed by atoms with van der Waals surface area (Å²) in [6.45, 7) is 16.1. The van der Waals surface area contributed by atoms with Crippen LogP contribution in [0.15, 0.2) is 12.1 Å². The highest BCUT2D eigenvalue weighted by atomic mass is 16.6. The first kappa shape index (κ1) is 25.0. The highest BCUT2D eigenvalue weighted by molar-refractivity contribution is 5.68. The van der Waals surface area contributed by atoms with Crippen molar-refractivity contribution >= 4 is 29.5 Å². The molecule has 11 heteroatoms. The Bertz CT molecular complexity index is 987. The summed E-state index contributed by atoms with van der Waals surface area (Å²) in [6.07, 6.45) is 1.37. The van der Waals surface area contributed by atoms with Crippen LogP contribution in [-0.2, 0) is 4.74 Å². The van der Waals surface area contributed by atoms with Gasteiger partial charge < -0.3 is 30.1 Å². The van der Waals surface area contributed by atoms with E-state index in [1.54, 1.807) is 4.90 Å². The van der Waals surface area contributed by atoms with Gasteiger partial charge in [-0.3, -0.25) is 5.10 Å². The first-order chi connectivity index (χ1) is 16.7. The number of rotatable bonds is 6. The van der Waals surface area contributed by atoms with E-state index in [0.717, 1.165) is 62.9 Å². The van der Waals surface area contributed by atoms with Crippen molar-refractivity contribution in [2.24, 2.45) is 0 Å². The number of piperazine rings is 1. The second kappa shape index (κ2) is 10.7. The van der Waals surface area contributed by atoms with E-state index in [0.29, 0.717) is 24.9 Å². The molecular formula is C24H39N9O2. The van der Waals surface area contributed by atoms with Crippen molar-refractivity contribution in [2.45, 2.75) is 59.1 Å². The van der Waals surface area contributed by atoms with Gasteiger partial charge in [0, 0.05) is 63.1 Å². The molecule has 192 valence electrons. The third-order valence-corrected chi connectivity index (χ3v) is 6.30. The second-order valence-electron chi connectivity index (χ2n) is 10.3. The Kier molecular flexibility index (Phi) is 7.63. The number of ether oxygens (including phenoxy) is 1. The van der Waals surface area contributed by atoms with E-state index in [1.807, 2.05) is 39.8 Å². The molecule has 2 aromatic rings. The van der Waals surface area contributed by atoms with Gasteiger partial charge in [-0.25, -0.2) is 4.79 Å². The molecule has 11 nitrogen and oxygen atoms in total. The number of aromatic nitrogens is 4. The van der Waals surface area contributed by atoms with Crippen LogP contribution in [0.25, 0.3) is 0 Å². The van der Waals surface area contributed by atoms with Crippen molar-refractivity contribution in [1.29, 1.82) is 0 Å². The molecule has 3 N–H and O–H groups in total. The summed E-state index contributed by atoms with van der Waals surface area (Å²) < 4.78 is 5.52. The molecule has 2 saturated heterocycles. The maximum Gasteiger partial charge on any atom is 0.410 e.